The van der Waals surface area contributed by atoms with Crippen LogP contribution in [0.4, 0.5) is 0 Å². The zero-order valence-corrected chi connectivity index (χ0v) is 10.9. The van der Waals surface area contributed by atoms with E-state index in [0.717, 1.165) is 0 Å². The van der Waals surface area contributed by atoms with E-state index < -0.39 is 18.0 Å². The molecule has 0 bridgehead atoms. The molecule has 0 aliphatic rings. The first-order valence-electron chi connectivity index (χ1n) is 5.83. The zero-order valence-electron chi connectivity index (χ0n) is 10.9. The van der Waals surface area contributed by atoms with Gasteiger partial charge in [0.05, 0.1) is 19.6 Å². The highest BCUT2D eigenvalue weighted by atomic mass is 16.6. The maximum Gasteiger partial charge on any atom is 0.335 e. The summed E-state index contributed by atoms with van der Waals surface area (Å²) >= 11 is 0. The predicted molar refractivity (Wildman–Crippen MR) is 62.2 cm³/mol. The highest BCUT2D eigenvalue weighted by Crippen LogP contribution is 2.02. The standard InChI is InChI=1S/C12H22O5/c1-8(2)6-16-11(14)5-10(13)12(15)17-7-9(3)4/h8-10,13H,5-7H2,1-4H3/t10-/m0/s1. The maximum atomic E-state index is 11.2. The van der Waals surface area contributed by atoms with Crippen molar-refractivity contribution in [1.82, 2.24) is 0 Å². The monoisotopic (exact) mass is 246 g/mol. The van der Waals surface area contributed by atoms with Crippen LogP contribution in [0.15, 0.2) is 0 Å². The maximum absolute atomic E-state index is 11.2. The molecule has 5 heteroatoms. The number of hydrogen-bond acceptors (Lipinski definition) is 5. The topological polar surface area (TPSA) is 72.8 Å². The lowest BCUT2D eigenvalue weighted by atomic mass is 10.2. The Bertz CT molecular complexity index is 247. The summed E-state index contributed by atoms with van der Waals surface area (Å²) in [4.78, 5) is 22.5. The van der Waals surface area contributed by atoms with E-state index in [1.54, 1.807) is 0 Å². The first-order chi connectivity index (χ1) is 7.82. The average Bonchev–Trinajstić information content (AvgIpc) is 2.22. The van der Waals surface area contributed by atoms with Gasteiger partial charge in [-0.1, -0.05) is 27.7 Å². The number of aliphatic hydroxyl groups is 1. The summed E-state index contributed by atoms with van der Waals surface area (Å²) in [6, 6.07) is 0. The average molecular weight is 246 g/mol. The molecular weight excluding hydrogens is 224 g/mol. The minimum atomic E-state index is -1.44. The van der Waals surface area contributed by atoms with Crippen molar-refractivity contribution in [2.24, 2.45) is 11.8 Å². The number of rotatable bonds is 7. The van der Waals surface area contributed by atoms with E-state index in [2.05, 4.69) is 0 Å². The van der Waals surface area contributed by atoms with Gasteiger partial charge in [0.25, 0.3) is 0 Å². The van der Waals surface area contributed by atoms with Gasteiger partial charge in [0.1, 0.15) is 0 Å². The zero-order chi connectivity index (χ0) is 13.4. The van der Waals surface area contributed by atoms with Gasteiger partial charge in [0.15, 0.2) is 6.10 Å². The lowest BCUT2D eigenvalue weighted by Gasteiger charge is -2.12. The van der Waals surface area contributed by atoms with Crippen LogP contribution in [-0.2, 0) is 19.1 Å². The molecule has 0 saturated carbocycles. The molecule has 1 N–H and O–H groups in total. The first-order valence-corrected chi connectivity index (χ1v) is 5.83. The minimum Gasteiger partial charge on any atom is -0.465 e. The molecule has 0 unspecified atom stereocenters. The molecule has 0 saturated heterocycles. The van der Waals surface area contributed by atoms with E-state index in [0.29, 0.717) is 0 Å². The van der Waals surface area contributed by atoms with E-state index in [1.807, 2.05) is 27.7 Å². The van der Waals surface area contributed by atoms with Gasteiger partial charge in [-0.25, -0.2) is 4.79 Å². The highest BCUT2D eigenvalue weighted by molar-refractivity contribution is 5.81. The third-order valence-corrected chi connectivity index (χ3v) is 1.77. The SMILES string of the molecule is CC(C)COC(=O)C[C@H](O)C(=O)OCC(C)C. The lowest BCUT2D eigenvalue weighted by Crippen LogP contribution is -2.28. The fourth-order valence-electron chi connectivity index (χ4n) is 0.905. The van der Waals surface area contributed by atoms with Crippen LogP contribution in [-0.4, -0.2) is 36.4 Å². The molecule has 0 aromatic carbocycles. The molecule has 0 amide bonds. The summed E-state index contributed by atoms with van der Waals surface area (Å²) in [6.07, 6.45) is -1.79. The van der Waals surface area contributed by atoms with Crippen molar-refractivity contribution in [3.8, 4) is 0 Å². The molecule has 0 aromatic rings. The van der Waals surface area contributed by atoms with E-state index in [1.165, 1.54) is 0 Å². The molecule has 5 nitrogen and oxygen atoms in total. The summed E-state index contributed by atoms with van der Waals surface area (Å²) in [5.41, 5.74) is 0. The summed E-state index contributed by atoms with van der Waals surface area (Å²) < 4.78 is 9.64. The van der Waals surface area contributed by atoms with Crippen LogP contribution < -0.4 is 0 Å². The van der Waals surface area contributed by atoms with Gasteiger partial charge in [-0.2, -0.15) is 0 Å². The van der Waals surface area contributed by atoms with Crippen LogP contribution in [0.2, 0.25) is 0 Å². The van der Waals surface area contributed by atoms with Gasteiger partial charge >= 0.3 is 11.9 Å². The molecule has 0 rings (SSSR count). The van der Waals surface area contributed by atoms with Crippen molar-refractivity contribution in [2.75, 3.05) is 13.2 Å². The van der Waals surface area contributed by atoms with Gasteiger partial charge < -0.3 is 14.6 Å². The molecule has 0 spiro atoms. The molecule has 0 fully saturated rings. The second kappa shape index (κ2) is 8.06. The van der Waals surface area contributed by atoms with Crippen molar-refractivity contribution in [3.05, 3.63) is 0 Å². The van der Waals surface area contributed by atoms with E-state index in [-0.39, 0.29) is 31.5 Å². The van der Waals surface area contributed by atoms with Crippen LogP contribution in [0.25, 0.3) is 0 Å². The van der Waals surface area contributed by atoms with Gasteiger partial charge in [0.2, 0.25) is 0 Å². The second-order valence-corrected chi connectivity index (χ2v) is 4.82. The Morgan fingerprint density at radius 2 is 1.47 bits per heavy atom. The Kier molecular flexibility index (Phi) is 7.54. The second-order valence-electron chi connectivity index (χ2n) is 4.82. The molecule has 0 aliphatic heterocycles. The van der Waals surface area contributed by atoms with Crippen LogP contribution in [0.1, 0.15) is 34.1 Å². The number of ether oxygens (including phenoxy) is 2. The predicted octanol–water partition coefficient (Wildman–Crippen LogP) is 1.14. The number of hydrogen-bond donors (Lipinski definition) is 1. The number of carbonyl (C=O) groups is 2. The number of aliphatic hydroxyl groups excluding tert-OH is 1. The molecule has 0 aliphatic carbocycles. The van der Waals surface area contributed by atoms with Crippen LogP contribution in [0.3, 0.4) is 0 Å². The Morgan fingerprint density at radius 3 is 1.94 bits per heavy atom. The van der Waals surface area contributed by atoms with E-state index in [4.69, 9.17) is 9.47 Å². The molecule has 17 heavy (non-hydrogen) atoms. The van der Waals surface area contributed by atoms with Crippen molar-refractivity contribution in [1.29, 1.82) is 0 Å². The summed E-state index contributed by atoms with van der Waals surface area (Å²) in [5, 5.41) is 9.39. The van der Waals surface area contributed by atoms with Crippen molar-refractivity contribution in [2.45, 2.75) is 40.2 Å². The van der Waals surface area contributed by atoms with Gasteiger partial charge in [-0.15, -0.1) is 0 Å². The third-order valence-electron chi connectivity index (χ3n) is 1.77. The quantitative estimate of drug-likeness (QED) is 0.682. The van der Waals surface area contributed by atoms with Gasteiger partial charge in [0, 0.05) is 0 Å². The van der Waals surface area contributed by atoms with Crippen molar-refractivity contribution >= 4 is 11.9 Å². The highest BCUT2D eigenvalue weighted by Gasteiger charge is 2.21. The Labute approximate surface area is 102 Å². The molecule has 1 atom stereocenters. The largest absolute Gasteiger partial charge is 0.465 e. The van der Waals surface area contributed by atoms with Crippen LogP contribution in [0.5, 0.6) is 0 Å². The van der Waals surface area contributed by atoms with E-state index >= 15 is 0 Å². The minimum absolute atomic E-state index is 0.194. The van der Waals surface area contributed by atoms with Crippen LogP contribution >= 0.6 is 0 Å². The molecule has 0 radical (unpaired) electrons. The smallest absolute Gasteiger partial charge is 0.335 e. The lowest BCUT2D eigenvalue weighted by molar-refractivity contribution is -0.161. The van der Waals surface area contributed by atoms with Crippen molar-refractivity contribution < 1.29 is 24.2 Å². The summed E-state index contributed by atoms with van der Waals surface area (Å²) in [6.45, 7) is 8.10. The Hall–Kier alpha value is -1.10. The van der Waals surface area contributed by atoms with E-state index in [9.17, 15) is 14.7 Å². The molecule has 0 aromatic heterocycles. The summed E-state index contributed by atoms with van der Waals surface area (Å²) in [5.74, 6) is -0.948. The fourth-order valence-corrected chi connectivity index (χ4v) is 0.905. The molecular formula is C12H22O5. The normalized spacial score (nSPS) is 12.6. The first kappa shape index (κ1) is 15.9. The number of esters is 2. The fraction of sp³-hybridized carbons (Fsp3) is 0.833. The molecule has 0 heterocycles. The molecule has 100 valence electrons. The van der Waals surface area contributed by atoms with Gasteiger partial charge in [-0.3, -0.25) is 4.79 Å². The number of carbonyl (C=O) groups excluding carboxylic acids is 2. The summed E-state index contributed by atoms with van der Waals surface area (Å²) in [7, 11) is 0. The Balaban J connectivity index is 3.86. The third kappa shape index (κ3) is 8.68. The van der Waals surface area contributed by atoms with Gasteiger partial charge in [-0.05, 0) is 11.8 Å². The van der Waals surface area contributed by atoms with Crippen LogP contribution in [0, 0.1) is 11.8 Å². The Morgan fingerprint density at radius 1 is 1.00 bits per heavy atom. The van der Waals surface area contributed by atoms with Crippen molar-refractivity contribution in [3.63, 3.8) is 0 Å².